The molecule has 0 saturated heterocycles. The third-order valence-corrected chi connectivity index (χ3v) is 9.16. The summed E-state index contributed by atoms with van der Waals surface area (Å²) in [6.45, 7) is 0.205. The molecule has 2 saturated carbocycles. The number of anilines is 1. The molecule has 2 aliphatic carbocycles. The molecule has 6 rings (SSSR count). The third kappa shape index (κ3) is 5.01. The van der Waals surface area contributed by atoms with Crippen molar-refractivity contribution in [1.82, 2.24) is 14.3 Å². The van der Waals surface area contributed by atoms with Crippen molar-refractivity contribution >= 4 is 38.3 Å². The number of methoxy groups -OCH3 is 1. The van der Waals surface area contributed by atoms with Gasteiger partial charge in [0, 0.05) is 29.0 Å². The summed E-state index contributed by atoms with van der Waals surface area (Å²) in [5.74, 6) is 1.46. The lowest BCUT2D eigenvalue weighted by atomic mass is 10.0. The Morgan fingerprint density at radius 3 is 2.41 bits per heavy atom. The number of hydrogen-bond donors (Lipinski definition) is 1. The summed E-state index contributed by atoms with van der Waals surface area (Å²) in [4.78, 5) is 9.12. The first kappa shape index (κ1) is 24.2. The first-order valence-electron chi connectivity index (χ1n) is 12.4. The van der Waals surface area contributed by atoms with Crippen molar-refractivity contribution in [2.45, 2.75) is 49.2 Å². The minimum absolute atomic E-state index is 0.0271. The van der Waals surface area contributed by atoms with Crippen LogP contribution in [0.3, 0.4) is 0 Å². The highest BCUT2D eigenvalue weighted by Gasteiger charge is 2.38. The van der Waals surface area contributed by atoms with Gasteiger partial charge in [-0.3, -0.25) is 0 Å². The maximum atomic E-state index is 13.6. The van der Waals surface area contributed by atoms with Gasteiger partial charge in [0.1, 0.15) is 17.9 Å². The van der Waals surface area contributed by atoms with Crippen LogP contribution in [0.25, 0.3) is 22.0 Å². The maximum absolute atomic E-state index is 13.6. The van der Waals surface area contributed by atoms with Crippen LogP contribution in [0, 0.1) is 0 Å². The first-order chi connectivity index (χ1) is 17.9. The lowest BCUT2D eigenvalue weighted by molar-refractivity contribution is 0.398. The quantitative estimate of drug-likeness (QED) is 0.288. The van der Waals surface area contributed by atoms with E-state index in [1.165, 1.54) is 0 Å². The molecule has 2 fully saturated rings. The Morgan fingerprint density at radius 2 is 1.70 bits per heavy atom. The number of nitrogens with one attached hydrogen (secondary N) is 1. The Balaban J connectivity index is 1.33. The van der Waals surface area contributed by atoms with Crippen molar-refractivity contribution in [3.8, 4) is 16.9 Å². The van der Waals surface area contributed by atoms with E-state index in [4.69, 9.17) is 16.3 Å². The standard InChI is InChI=1S/C28H27ClN4O3S/c1-36-23-8-10-24(11-9-23)37(34,35)33(22-6-7-22)16-20-14-18(2-12-26(20)29)19-3-13-27-25(15-19)28(31-17-30-27)32-21-4-5-21/h2-3,8-15,17,21-22H,4-7,16H2,1H3,(H,30,31,32). The molecule has 1 heterocycles. The molecule has 2 aliphatic rings. The van der Waals surface area contributed by atoms with Crippen molar-refractivity contribution in [3.05, 3.63) is 77.6 Å². The molecule has 190 valence electrons. The van der Waals surface area contributed by atoms with Gasteiger partial charge in [-0.1, -0.05) is 23.7 Å². The minimum Gasteiger partial charge on any atom is -0.497 e. The maximum Gasteiger partial charge on any atom is 0.243 e. The Bertz CT molecular complexity index is 1570. The molecule has 3 aromatic carbocycles. The van der Waals surface area contributed by atoms with Crippen molar-refractivity contribution in [3.63, 3.8) is 0 Å². The van der Waals surface area contributed by atoms with Gasteiger partial charge in [-0.15, -0.1) is 0 Å². The third-order valence-electron chi connectivity index (χ3n) is 6.88. The van der Waals surface area contributed by atoms with Crippen molar-refractivity contribution in [2.24, 2.45) is 0 Å². The SMILES string of the molecule is COc1ccc(S(=O)(=O)N(Cc2cc(-c3ccc4ncnc(NC5CC5)c4c3)ccc2Cl)C2CC2)cc1. The van der Waals surface area contributed by atoms with Crippen LogP contribution in [0.5, 0.6) is 5.75 Å². The van der Waals surface area contributed by atoms with Crippen molar-refractivity contribution < 1.29 is 13.2 Å². The largest absolute Gasteiger partial charge is 0.497 e. The molecule has 37 heavy (non-hydrogen) atoms. The zero-order valence-corrected chi connectivity index (χ0v) is 22.0. The lowest BCUT2D eigenvalue weighted by Gasteiger charge is -2.23. The van der Waals surface area contributed by atoms with Crippen molar-refractivity contribution in [1.29, 1.82) is 0 Å². The highest BCUT2D eigenvalue weighted by molar-refractivity contribution is 7.89. The minimum atomic E-state index is -3.70. The van der Waals surface area contributed by atoms with E-state index in [1.54, 1.807) is 42.0 Å². The zero-order chi connectivity index (χ0) is 25.6. The van der Waals surface area contributed by atoms with Crippen LogP contribution < -0.4 is 10.1 Å². The molecule has 7 nitrogen and oxygen atoms in total. The van der Waals surface area contributed by atoms with E-state index in [-0.39, 0.29) is 17.5 Å². The molecule has 0 bridgehead atoms. The predicted molar refractivity (Wildman–Crippen MR) is 145 cm³/mol. The molecule has 0 atom stereocenters. The Kier molecular flexibility index (Phi) is 6.26. The Hall–Kier alpha value is -3.20. The summed E-state index contributed by atoms with van der Waals surface area (Å²) in [7, 11) is -2.14. The van der Waals surface area contributed by atoms with Gasteiger partial charge in [-0.05, 0) is 90.9 Å². The molecular weight excluding hydrogens is 508 g/mol. The van der Waals surface area contributed by atoms with E-state index in [2.05, 4.69) is 21.4 Å². The van der Waals surface area contributed by atoms with Gasteiger partial charge in [0.2, 0.25) is 10.0 Å². The second kappa shape index (κ2) is 9.59. The number of ether oxygens (including phenoxy) is 1. The molecular formula is C28H27ClN4O3S. The van der Waals surface area contributed by atoms with Gasteiger partial charge in [0.15, 0.2) is 0 Å². The molecule has 0 aliphatic heterocycles. The number of aromatic nitrogens is 2. The van der Waals surface area contributed by atoms with Crippen LogP contribution in [-0.4, -0.2) is 41.9 Å². The van der Waals surface area contributed by atoms with Gasteiger partial charge in [0.25, 0.3) is 0 Å². The number of fused-ring (bicyclic) bond motifs is 1. The second-order valence-corrected chi connectivity index (χ2v) is 11.9. The normalized spacial score (nSPS) is 15.8. The van der Waals surface area contributed by atoms with E-state index in [0.717, 1.165) is 59.1 Å². The number of rotatable bonds is 9. The van der Waals surface area contributed by atoms with Crippen LogP contribution in [0.1, 0.15) is 31.2 Å². The summed E-state index contributed by atoms with van der Waals surface area (Å²) in [6.07, 6.45) is 5.58. The van der Waals surface area contributed by atoms with E-state index in [0.29, 0.717) is 16.8 Å². The molecule has 4 aromatic rings. The van der Waals surface area contributed by atoms with E-state index in [9.17, 15) is 8.42 Å². The molecule has 0 radical (unpaired) electrons. The smallest absolute Gasteiger partial charge is 0.243 e. The molecule has 9 heteroatoms. The highest BCUT2D eigenvalue weighted by atomic mass is 35.5. The van der Waals surface area contributed by atoms with Gasteiger partial charge in [-0.2, -0.15) is 4.31 Å². The average Bonchev–Trinajstić information content (AvgIpc) is 3.84. The van der Waals surface area contributed by atoms with E-state index >= 15 is 0 Å². The van der Waals surface area contributed by atoms with Crippen molar-refractivity contribution in [2.75, 3.05) is 12.4 Å². The highest BCUT2D eigenvalue weighted by Crippen LogP contribution is 2.37. The summed E-state index contributed by atoms with van der Waals surface area (Å²) in [6, 6.07) is 18.8. The van der Waals surface area contributed by atoms with Crippen LogP contribution >= 0.6 is 11.6 Å². The number of benzene rings is 3. The Morgan fingerprint density at radius 1 is 0.973 bits per heavy atom. The summed E-state index contributed by atoms with van der Waals surface area (Å²) in [5.41, 5.74) is 3.60. The number of sulfonamides is 1. The Labute approximate surface area is 221 Å². The van der Waals surface area contributed by atoms with Gasteiger partial charge in [0.05, 0.1) is 17.5 Å². The molecule has 0 spiro atoms. The first-order valence-corrected chi connectivity index (χ1v) is 14.2. The number of hydrogen-bond acceptors (Lipinski definition) is 6. The van der Waals surface area contributed by atoms with Gasteiger partial charge < -0.3 is 10.1 Å². The lowest BCUT2D eigenvalue weighted by Crippen LogP contribution is -2.32. The number of nitrogens with zero attached hydrogens (tertiary/aromatic N) is 3. The average molecular weight is 535 g/mol. The fourth-order valence-electron chi connectivity index (χ4n) is 4.47. The molecule has 0 unspecified atom stereocenters. The predicted octanol–water partition coefficient (Wildman–Crippen LogP) is 5.89. The summed E-state index contributed by atoms with van der Waals surface area (Å²) in [5, 5.41) is 4.99. The topological polar surface area (TPSA) is 84.4 Å². The summed E-state index contributed by atoms with van der Waals surface area (Å²) < 4.78 is 33.9. The fraction of sp³-hybridized carbons (Fsp3) is 0.286. The summed E-state index contributed by atoms with van der Waals surface area (Å²) >= 11 is 6.61. The van der Waals surface area contributed by atoms with E-state index in [1.807, 2.05) is 30.3 Å². The van der Waals surface area contributed by atoms with E-state index < -0.39 is 10.0 Å². The molecule has 0 amide bonds. The molecule has 1 N–H and O–H groups in total. The van der Waals surface area contributed by atoms with Crippen LogP contribution in [0.2, 0.25) is 5.02 Å². The fourth-order valence-corrected chi connectivity index (χ4v) is 6.31. The molecule has 1 aromatic heterocycles. The zero-order valence-electron chi connectivity index (χ0n) is 20.4. The van der Waals surface area contributed by atoms with Gasteiger partial charge >= 0.3 is 0 Å². The van der Waals surface area contributed by atoms with Gasteiger partial charge in [-0.25, -0.2) is 18.4 Å². The van der Waals surface area contributed by atoms with Crippen LogP contribution in [-0.2, 0) is 16.6 Å². The monoisotopic (exact) mass is 534 g/mol. The number of halogens is 1. The van der Waals surface area contributed by atoms with Crippen LogP contribution in [0.15, 0.2) is 71.9 Å². The second-order valence-electron chi connectivity index (χ2n) is 9.64. The van der Waals surface area contributed by atoms with Crippen LogP contribution in [0.4, 0.5) is 5.82 Å².